The van der Waals surface area contributed by atoms with E-state index in [0.717, 1.165) is 12.8 Å². The summed E-state index contributed by atoms with van der Waals surface area (Å²) in [5.74, 6) is 0.362. The molecule has 1 aromatic rings. The summed E-state index contributed by atoms with van der Waals surface area (Å²) < 4.78 is 0. The number of aromatic nitrogens is 2. The Morgan fingerprint density at radius 3 is 2.70 bits per heavy atom. The van der Waals surface area contributed by atoms with Crippen LogP contribution in [-0.2, 0) is 4.79 Å². The second-order valence-electron chi connectivity index (χ2n) is 5.26. The van der Waals surface area contributed by atoms with Crippen LogP contribution in [0.2, 0.25) is 0 Å². The van der Waals surface area contributed by atoms with Crippen molar-refractivity contribution in [2.24, 2.45) is 0 Å². The molecule has 1 aliphatic heterocycles. The lowest BCUT2D eigenvalue weighted by atomic mass is 10.2. The zero-order valence-electron chi connectivity index (χ0n) is 11.2. The Morgan fingerprint density at radius 1 is 1.35 bits per heavy atom. The molecule has 1 saturated carbocycles. The lowest BCUT2D eigenvalue weighted by molar-refractivity contribution is -0.123. The van der Waals surface area contributed by atoms with Gasteiger partial charge in [0.05, 0.1) is 12.2 Å². The largest absolute Gasteiger partial charge is 0.353 e. The first kappa shape index (κ1) is 12.8. The number of hydrogen-bond acceptors (Lipinski definition) is 4. The van der Waals surface area contributed by atoms with Crippen molar-refractivity contribution in [1.29, 1.82) is 0 Å². The topological polar surface area (TPSA) is 95.2 Å². The fourth-order valence-electron chi connectivity index (χ4n) is 2.38. The van der Waals surface area contributed by atoms with Crippen LogP contribution in [0.5, 0.6) is 0 Å². The quantitative estimate of drug-likeness (QED) is 0.763. The number of aromatic amines is 1. The van der Waals surface area contributed by atoms with Crippen molar-refractivity contribution in [2.45, 2.75) is 25.7 Å². The normalized spacial score (nSPS) is 18.9. The van der Waals surface area contributed by atoms with Gasteiger partial charge in [-0.2, -0.15) is 0 Å². The molecule has 7 heteroatoms. The first-order valence-electron chi connectivity index (χ1n) is 6.73. The molecule has 3 rings (SSSR count). The van der Waals surface area contributed by atoms with E-state index in [1.54, 1.807) is 6.92 Å². The molecule has 0 aromatic carbocycles. The molecule has 1 aliphatic carbocycles. The Balaban J connectivity index is 1.91. The zero-order valence-corrected chi connectivity index (χ0v) is 11.2. The average molecular weight is 276 g/mol. The highest BCUT2D eigenvalue weighted by Crippen LogP contribution is 2.37. The lowest BCUT2D eigenvalue weighted by Gasteiger charge is -2.26. The fraction of sp³-hybridized carbons (Fsp3) is 0.538. The van der Waals surface area contributed by atoms with Gasteiger partial charge in [-0.3, -0.25) is 14.4 Å². The van der Waals surface area contributed by atoms with Crippen molar-refractivity contribution < 1.29 is 9.59 Å². The lowest BCUT2D eigenvalue weighted by Crippen LogP contribution is -2.51. The van der Waals surface area contributed by atoms with E-state index < -0.39 is 11.5 Å². The number of H-pyrrole nitrogens is 1. The van der Waals surface area contributed by atoms with Crippen LogP contribution in [0.25, 0.3) is 0 Å². The number of carbonyl (C=O) groups excluding carboxylic acids is 2. The van der Waals surface area contributed by atoms with E-state index in [-0.39, 0.29) is 18.0 Å². The molecule has 2 heterocycles. The highest BCUT2D eigenvalue weighted by molar-refractivity contribution is 5.97. The van der Waals surface area contributed by atoms with Gasteiger partial charge in [-0.15, -0.1) is 0 Å². The van der Waals surface area contributed by atoms with Gasteiger partial charge in [-0.05, 0) is 19.8 Å². The first-order chi connectivity index (χ1) is 9.56. The van der Waals surface area contributed by atoms with E-state index in [4.69, 9.17) is 0 Å². The van der Waals surface area contributed by atoms with E-state index in [0.29, 0.717) is 30.5 Å². The maximum Gasteiger partial charge on any atom is 0.264 e. The van der Waals surface area contributed by atoms with Crippen molar-refractivity contribution in [3.8, 4) is 0 Å². The molecule has 0 bridgehead atoms. The van der Waals surface area contributed by atoms with Crippen molar-refractivity contribution in [3.05, 3.63) is 27.4 Å². The SMILES string of the molecule is Cc1nc(C2CC2)[nH]c(=O)c1C(=O)N1CCNC(=O)C1. The van der Waals surface area contributed by atoms with E-state index in [2.05, 4.69) is 15.3 Å². The fourth-order valence-corrected chi connectivity index (χ4v) is 2.38. The Morgan fingerprint density at radius 2 is 2.10 bits per heavy atom. The maximum atomic E-state index is 12.4. The van der Waals surface area contributed by atoms with Crippen LogP contribution in [0, 0.1) is 6.92 Å². The molecule has 0 unspecified atom stereocenters. The van der Waals surface area contributed by atoms with Crippen molar-refractivity contribution in [1.82, 2.24) is 20.2 Å². The van der Waals surface area contributed by atoms with Crippen molar-refractivity contribution >= 4 is 11.8 Å². The Kier molecular flexibility index (Phi) is 3.04. The maximum absolute atomic E-state index is 12.4. The molecule has 20 heavy (non-hydrogen) atoms. The van der Waals surface area contributed by atoms with Gasteiger partial charge in [0.1, 0.15) is 11.4 Å². The Hall–Kier alpha value is -2.18. The van der Waals surface area contributed by atoms with Gasteiger partial charge in [0, 0.05) is 19.0 Å². The standard InChI is InChI=1S/C13H16N4O3/c1-7-10(12(19)16-11(15-7)8-2-3-8)13(20)17-5-4-14-9(18)6-17/h8H,2-6H2,1H3,(H,14,18)(H,15,16,19). The summed E-state index contributed by atoms with van der Waals surface area (Å²) in [5.41, 5.74) is 0.0751. The van der Waals surface area contributed by atoms with Gasteiger partial charge in [0.25, 0.3) is 11.5 Å². The summed E-state index contributed by atoms with van der Waals surface area (Å²) in [4.78, 5) is 44.2. The number of amides is 2. The molecular weight excluding hydrogens is 260 g/mol. The smallest absolute Gasteiger partial charge is 0.264 e. The average Bonchev–Trinajstić information content (AvgIpc) is 3.21. The molecule has 0 atom stereocenters. The minimum absolute atomic E-state index is 0.0118. The number of hydrogen-bond donors (Lipinski definition) is 2. The minimum atomic E-state index is -0.423. The van der Waals surface area contributed by atoms with Gasteiger partial charge < -0.3 is 15.2 Å². The van der Waals surface area contributed by atoms with Crippen LogP contribution in [0.4, 0.5) is 0 Å². The summed E-state index contributed by atoms with van der Waals surface area (Å²) in [6.45, 7) is 2.48. The molecule has 7 nitrogen and oxygen atoms in total. The van der Waals surface area contributed by atoms with Crippen LogP contribution < -0.4 is 10.9 Å². The zero-order chi connectivity index (χ0) is 14.3. The molecule has 2 aliphatic rings. The van der Waals surface area contributed by atoms with Gasteiger partial charge in [0.15, 0.2) is 0 Å². The summed E-state index contributed by atoms with van der Waals surface area (Å²) >= 11 is 0. The minimum Gasteiger partial charge on any atom is -0.353 e. The summed E-state index contributed by atoms with van der Waals surface area (Å²) in [7, 11) is 0. The predicted molar refractivity (Wildman–Crippen MR) is 70.5 cm³/mol. The summed E-state index contributed by atoms with van der Waals surface area (Å²) in [5, 5.41) is 2.65. The van der Waals surface area contributed by atoms with Crippen LogP contribution >= 0.6 is 0 Å². The molecule has 2 fully saturated rings. The molecular formula is C13H16N4O3. The molecule has 1 saturated heterocycles. The van der Waals surface area contributed by atoms with E-state index in [9.17, 15) is 14.4 Å². The van der Waals surface area contributed by atoms with Crippen molar-refractivity contribution in [2.75, 3.05) is 19.6 Å². The van der Waals surface area contributed by atoms with Crippen LogP contribution in [-0.4, -0.2) is 46.3 Å². The highest BCUT2D eigenvalue weighted by Gasteiger charge is 2.30. The Labute approximate surface area is 115 Å². The third-order valence-corrected chi connectivity index (χ3v) is 3.62. The van der Waals surface area contributed by atoms with Gasteiger partial charge in [-0.1, -0.05) is 0 Å². The number of nitrogens with one attached hydrogen (secondary N) is 2. The summed E-state index contributed by atoms with van der Waals surface area (Å²) in [6, 6.07) is 0. The number of aryl methyl sites for hydroxylation is 1. The van der Waals surface area contributed by atoms with Crippen LogP contribution in [0.3, 0.4) is 0 Å². The molecule has 2 amide bonds. The predicted octanol–water partition coefficient (Wildman–Crippen LogP) is -0.472. The molecule has 2 N–H and O–H groups in total. The van der Waals surface area contributed by atoms with Crippen molar-refractivity contribution in [3.63, 3.8) is 0 Å². The third kappa shape index (κ3) is 2.31. The van der Waals surface area contributed by atoms with Gasteiger partial charge >= 0.3 is 0 Å². The van der Waals surface area contributed by atoms with Gasteiger partial charge in [0.2, 0.25) is 5.91 Å². The second-order valence-corrected chi connectivity index (χ2v) is 5.26. The number of rotatable bonds is 2. The Bertz CT molecular complexity index is 633. The number of carbonyl (C=O) groups is 2. The molecule has 106 valence electrons. The molecule has 1 aromatic heterocycles. The number of nitrogens with zero attached hydrogens (tertiary/aromatic N) is 2. The van der Waals surface area contributed by atoms with Crippen LogP contribution in [0.1, 0.15) is 40.6 Å². The third-order valence-electron chi connectivity index (χ3n) is 3.62. The van der Waals surface area contributed by atoms with E-state index in [1.807, 2.05) is 0 Å². The second kappa shape index (κ2) is 4.73. The highest BCUT2D eigenvalue weighted by atomic mass is 16.2. The van der Waals surface area contributed by atoms with E-state index >= 15 is 0 Å². The monoisotopic (exact) mass is 276 g/mol. The number of piperazine rings is 1. The first-order valence-corrected chi connectivity index (χ1v) is 6.73. The van der Waals surface area contributed by atoms with Crippen LogP contribution in [0.15, 0.2) is 4.79 Å². The molecule has 0 spiro atoms. The van der Waals surface area contributed by atoms with E-state index in [1.165, 1.54) is 4.90 Å². The molecule has 0 radical (unpaired) electrons. The van der Waals surface area contributed by atoms with Gasteiger partial charge in [-0.25, -0.2) is 4.98 Å². The summed E-state index contributed by atoms with van der Waals surface area (Å²) in [6.07, 6.45) is 2.06.